The Hall–Kier alpha value is -1.52. The average Bonchev–Trinajstić information content (AvgIpc) is 3.14. The molecule has 2 fully saturated rings. The van der Waals surface area contributed by atoms with E-state index in [4.69, 9.17) is 11.6 Å². The summed E-state index contributed by atoms with van der Waals surface area (Å²) in [5, 5.41) is 9.22. The highest BCUT2D eigenvalue weighted by atomic mass is 35.5. The van der Waals surface area contributed by atoms with E-state index in [1.807, 2.05) is 0 Å². The number of fused-ring (bicyclic) bond motifs is 1. The predicted molar refractivity (Wildman–Crippen MR) is 105 cm³/mol. The third-order valence-corrected chi connectivity index (χ3v) is 8.24. The number of halogens is 4. The number of carbonyl (C=O) groups is 1. The standard InChI is InChI=1S/C19H24ClF3N2O4S/c1-18(2,3)25(17(26)27)15-6-4-11-9-24(10-13(11)15)30(28,29)16-7-5-12(8-14(16)20)19(21,22)23/h5,7-8,11,13,15H,4,6,9-10H2,1-3H3,(H,26,27)/t11-,13+,15+/m1/s1. The normalized spacial score (nSPS) is 25.4. The lowest BCUT2D eigenvalue weighted by atomic mass is 9.93. The first-order valence-corrected chi connectivity index (χ1v) is 11.3. The molecular weight excluding hydrogens is 445 g/mol. The summed E-state index contributed by atoms with van der Waals surface area (Å²) in [5.41, 5.74) is -1.67. The SMILES string of the molecule is CC(C)(C)N(C(=O)O)[C@H]1CC[C@@H]2CN(S(=O)(=O)c3ccc(C(F)(F)F)cc3Cl)C[C@@H]21. The molecule has 1 aromatic rings. The second-order valence-corrected chi connectivity index (χ2v) is 11.2. The fourth-order valence-corrected chi connectivity index (χ4v) is 6.72. The number of benzene rings is 1. The zero-order valence-electron chi connectivity index (χ0n) is 16.8. The van der Waals surface area contributed by atoms with Crippen LogP contribution >= 0.6 is 11.6 Å². The Labute approximate surface area is 178 Å². The van der Waals surface area contributed by atoms with Gasteiger partial charge < -0.3 is 10.0 Å². The van der Waals surface area contributed by atoms with E-state index in [2.05, 4.69) is 0 Å². The van der Waals surface area contributed by atoms with Gasteiger partial charge >= 0.3 is 12.3 Å². The average molecular weight is 469 g/mol. The number of carboxylic acid groups (broad SMARTS) is 1. The summed E-state index contributed by atoms with van der Waals surface area (Å²) in [7, 11) is -4.11. The summed E-state index contributed by atoms with van der Waals surface area (Å²) in [5.74, 6) is -0.189. The molecule has 2 aliphatic rings. The zero-order chi connectivity index (χ0) is 22.6. The molecule has 0 aromatic heterocycles. The molecule has 30 heavy (non-hydrogen) atoms. The Bertz CT molecular complexity index is 946. The van der Waals surface area contributed by atoms with Crippen molar-refractivity contribution in [2.75, 3.05) is 13.1 Å². The minimum absolute atomic E-state index is 0.0119. The van der Waals surface area contributed by atoms with Gasteiger partial charge in [0.25, 0.3) is 0 Å². The van der Waals surface area contributed by atoms with Crippen LogP contribution in [-0.2, 0) is 16.2 Å². The van der Waals surface area contributed by atoms with E-state index in [9.17, 15) is 31.5 Å². The van der Waals surface area contributed by atoms with Gasteiger partial charge in [-0.15, -0.1) is 0 Å². The van der Waals surface area contributed by atoms with Gasteiger partial charge in [0, 0.05) is 24.7 Å². The molecule has 0 unspecified atom stereocenters. The quantitative estimate of drug-likeness (QED) is 0.706. The van der Waals surface area contributed by atoms with Crippen LogP contribution in [-0.4, -0.2) is 53.5 Å². The van der Waals surface area contributed by atoms with Gasteiger partial charge in [0.2, 0.25) is 10.0 Å². The van der Waals surface area contributed by atoms with E-state index in [1.165, 1.54) is 9.21 Å². The molecule has 1 saturated heterocycles. The Morgan fingerprint density at radius 2 is 1.83 bits per heavy atom. The fraction of sp³-hybridized carbons (Fsp3) is 0.632. The van der Waals surface area contributed by atoms with Gasteiger partial charge in [0.15, 0.2) is 0 Å². The van der Waals surface area contributed by atoms with Crippen molar-refractivity contribution in [3.8, 4) is 0 Å². The van der Waals surface area contributed by atoms with E-state index < -0.39 is 38.4 Å². The van der Waals surface area contributed by atoms with Gasteiger partial charge in [-0.1, -0.05) is 11.6 Å². The van der Waals surface area contributed by atoms with Crippen LogP contribution in [0.25, 0.3) is 0 Å². The number of nitrogens with zero attached hydrogens (tertiary/aromatic N) is 2. The summed E-state index contributed by atoms with van der Waals surface area (Å²) in [6.45, 7) is 5.67. The van der Waals surface area contributed by atoms with Gasteiger partial charge in [-0.05, 0) is 63.6 Å². The summed E-state index contributed by atoms with van der Waals surface area (Å²) >= 11 is 5.91. The van der Waals surface area contributed by atoms with Crippen molar-refractivity contribution in [2.45, 2.75) is 56.3 Å². The lowest BCUT2D eigenvalue weighted by Crippen LogP contribution is -2.53. The van der Waals surface area contributed by atoms with Crippen LogP contribution in [0.15, 0.2) is 23.1 Å². The topological polar surface area (TPSA) is 77.9 Å². The van der Waals surface area contributed by atoms with Gasteiger partial charge in [-0.2, -0.15) is 17.5 Å². The lowest BCUT2D eigenvalue weighted by Gasteiger charge is -2.40. The van der Waals surface area contributed by atoms with E-state index >= 15 is 0 Å². The van der Waals surface area contributed by atoms with Crippen LogP contribution in [0.1, 0.15) is 39.2 Å². The molecule has 1 aliphatic carbocycles. The van der Waals surface area contributed by atoms with Crippen LogP contribution in [0.3, 0.4) is 0 Å². The van der Waals surface area contributed by atoms with Crippen LogP contribution in [0.5, 0.6) is 0 Å². The van der Waals surface area contributed by atoms with E-state index in [1.54, 1.807) is 20.8 Å². The highest BCUT2D eigenvalue weighted by Crippen LogP contribution is 2.44. The number of rotatable bonds is 3. The minimum Gasteiger partial charge on any atom is -0.465 e. The first-order valence-electron chi connectivity index (χ1n) is 9.53. The lowest BCUT2D eigenvalue weighted by molar-refractivity contribution is -0.137. The van der Waals surface area contributed by atoms with Crippen molar-refractivity contribution in [1.82, 2.24) is 9.21 Å². The number of amides is 1. The maximum atomic E-state index is 13.1. The third-order valence-electron chi connectivity index (χ3n) is 5.92. The molecule has 1 aliphatic heterocycles. The van der Waals surface area contributed by atoms with E-state index in [0.29, 0.717) is 25.0 Å². The van der Waals surface area contributed by atoms with Crippen molar-refractivity contribution in [2.24, 2.45) is 11.8 Å². The zero-order valence-corrected chi connectivity index (χ0v) is 18.4. The monoisotopic (exact) mass is 468 g/mol. The van der Waals surface area contributed by atoms with Crippen molar-refractivity contribution in [1.29, 1.82) is 0 Å². The van der Waals surface area contributed by atoms with E-state index in [0.717, 1.165) is 6.07 Å². The van der Waals surface area contributed by atoms with Crippen LogP contribution in [0.2, 0.25) is 5.02 Å². The fourth-order valence-electron chi connectivity index (χ4n) is 4.66. The largest absolute Gasteiger partial charge is 0.465 e. The van der Waals surface area contributed by atoms with Crippen molar-refractivity contribution >= 4 is 27.7 Å². The maximum Gasteiger partial charge on any atom is 0.416 e. The summed E-state index contributed by atoms with van der Waals surface area (Å²) in [6, 6.07) is 1.87. The summed E-state index contributed by atoms with van der Waals surface area (Å²) < 4.78 is 66.0. The molecule has 3 atom stereocenters. The molecule has 0 bridgehead atoms. The third kappa shape index (κ3) is 4.13. The Morgan fingerprint density at radius 1 is 1.20 bits per heavy atom. The number of hydrogen-bond donors (Lipinski definition) is 1. The predicted octanol–water partition coefficient (Wildman–Crippen LogP) is 4.54. The number of hydrogen-bond acceptors (Lipinski definition) is 3. The molecule has 6 nitrogen and oxygen atoms in total. The number of sulfonamides is 1. The van der Waals surface area contributed by atoms with Crippen molar-refractivity contribution < 1.29 is 31.5 Å². The summed E-state index contributed by atoms with van der Waals surface area (Å²) in [4.78, 5) is 12.9. The van der Waals surface area contributed by atoms with Crippen LogP contribution < -0.4 is 0 Å². The Kier molecular flexibility index (Phi) is 5.83. The molecule has 1 saturated carbocycles. The molecule has 1 amide bonds. The van der Waals surface area contributed by atoms with Gasteiger partial charge in [0.1, 0.15) is 4.90 Å². The first kappa shape index (κ1) is 23.1. The van der Waals surface area contributed by atoms with Crippen molar-refractivity contribution in [3.63, 3.8) is 0 Å². The second-order valence-electron chi connectivity index (χ2n) is 8.86. The Balaban J connectivity index is 1.87. The highest BCUT2D eigenvalue weighted by molar-refractivity contribution is 7.89. The molecule has 3 rings (SSSR count). The number of alkyl halides is 3. The highest BCUT2D eigenvalue weighted by Gasteiger charge is 2.51. The summed E-state index contributed by atoms with van der Waals surface area (Å²) in [6.07, 6.45) is -4.35. The van der Waals surface area contributed by atoms with Gasteiger partial charge in [0.05, 0.1) is 10.6 Å². The maximum absolute atomic E-state index is 13.1. The van der Waals surface area contributed by atoms with Crippen LogP contribution in [0, 0.1) is 11.8 Å². The Morgan fingerprint density at radius 3 is 2.33 bits per heavy atom. The smallest absolute Gasteiger partial charge is 0.416 e. The second kappa shape index (κ2) is 7.56. The molecule has 1 aromatic carbocycles. The molecule has 11 heteroatoms. The molecule has 1 N–H and O–H groups in total. The molecule has 0 spiro atoms. The first-order chi connectivity index (χ1) is 13.6. The minimum atomic E-state index is -4.63. The van der Waals surface area contributed by atoms with E-state index in [-0.39, 0.29) is 35.9 Å². The van der Waals surface area contributed by atoms with Crippen molar-refractivity contribution in [3.05, 3.63) is 28.8 Å². The molecular formula is C19H24ClF3N2O4S. The van der Waals surface area contributed by atoms with Gasteiger partial charge in [-0.25, -0.2) is 13.2 Å². The molecule has 0 radical (unpaired) electrons. The van der Waals surface area contributed by atoms with Crippen LogP contribution in [0.4, 0.5) is 18.0 Å². The molecule has 1 heterocycles. The molecule has 168 valence electrons. The van der Waals surface area contributed by atoms with Gasteiger partial charge in [-0.3, -0.25) is 0 Å².